The summed E-state index contributed by atoms with van der Waals surface area (Å²) < 4.78 is 10.2. The number of esters is 1. The summed E-state index contributed by atoms with van der Waals surface area (Å²) in [5.74, 6) is 0.110. The van der Waals surface area contributed by atoms with Gasteiger partial charge in [0.25, 0.3) is 0 Å². The van der Waals surface area contributed by atoms with Gasteiger partial charge in [-0.1, -0.05) is 30.3 Å². The summed E-state index contributed by atoms with van der Waals surface area (Å²) in [4.78, 5) is 16.3. The van der Waals surface area contributed by atoms with Gasteiger partial charge in [0.2, 0.25) is 0 Å². The van der Waals surface area contributed by atoms with Crippen molar-refractivity contribution < 1.29 is 14.3 Å². The fraction of sp³-hybridized carbons (Fsp3) is 0.111. The maximum atomic E-state index is 11.9. The molecule has 1 heterocycles. The smallest absolute Gasteiger partial charge is 0.356 e. The highest BCUT2D eigenvalue weighted by molar-refractivity contribution is 6.00. The Labute approximate surface area is 133 Å². The number of fused-ring (bicyclic) bond motifs is 1. The molecule has 0 radical (unpaired) electrons. The van der Waals surface area contributed by atoms with Gasteiger partial charge in [-0.2, -0.15) is 0 Å². The van der Waals surface area contributed by atoms with E-state index in [0.29, 0.717) is 11.3 Å². The molecule has 2 aromatic carbocycles. The van der Waals surface area contributed by atoms with Gasteiger partial charge in [0.15, 0.2) is 5.69 Å². The van der Waals surface area contributed by atoms with Crippen LogP contribution in [0.25, 0.3) is 10.9 Å². The number of carbonyl (C=O) groups excluding carboxylic acids is 1. The second-order valence-electron chi connectivity index (χ2n) is 4.89. The van der Waals surface area contributed by atoms with Crippen molar-refractivity contribution in [2.24, 2.45) is 0 Å². The van der Waals surface area contributed by atoms with Crippen molar-refractivity contribution in [3.05, 3.63) is 60.3 Å². The lowest BCUT2D eigenvalue weighted by molar-refractivity contribution is 0.0594. The normalized spacial score (nSPS) is 10.3. The van der Waals surface area contributed by atoms with Gasteiger partial charge >= 0.3 is 5.97 Å². The number of ether oxygens (including phenoxy) is 2. The van der Waals surface area contributed by atoms with Crippen molar-refractivity contribution in [3.8, 4) is 5.75 Å². The molecule has 0 bridgehead atoms. The molecule has 0 aliphatic rings. The maximum absolute atomic E-state index is 11.9. The summed E-state index contributed by atoms with van der Waals surface area (Å²) in [7, 11) is 2.91. The number of pyridine rings is 1. The van der Waals surface area contributed by atoms with Crippen LogP contribution in [-0.4, -0.2) is 25.2 Å². The van der Waals surface area contributed by atoms with E-state index in [9.17, 15) is 4.79 Å². The minimum Gasteiger partial charge on any atom is -0.494 e. The first-order valence-corrected chi connectivity index (χ1v) is 7.11. The Kier molecular flexibility index (Phi) is 4.10. The summed E-state index contributed by atoms with van der Waals surface area (Å²) in [6.45, 7) is 0. The Hall–Kier alpha value is -3.08. The van der Waals surface area contributed by atoms with E-state index in [0.717, 1.165) is 16.8 Å². The van der Waals surface area contributed by atoms with E-state index in [1.54, 1.807) is 13.2 Å². The van der Waals surface area contributed by atoms with Crippen molar-refractivity contribution in [1.29, 1.82) is 0 Å². The van der Waals surface area contributed by atoms with Gasteiger partial charge < -0.3 is 14.8 Å². The molecule has 0 atom stereocenters. The summed E-state index contributed by atoms with van der Waals surface area (Å²) in [6.07, 6.45) is 0. The van der Waals surface area contributed by atoms with Crippen LogP contribution in [0.15, 0.2) is 54.6 Å². The standard InChI is InChI=1S/C18H16N2O3/c1-22-16-10-6-9-13-14(19-12-7-4-3-5-8-12)11-15(18(21)23-2)20-17(13)16/h3-11H,1-2H3,(H,19,20). The quantitative estimate of drug-likeness (QED) is 0.743. The highest BCUT2D eigenvalue weighted by Crippen LogP contribution is 2.31. The average Bonchev–Trinajstić information content (AvgIpc) is 2.61. The van der Waals surface area contributed by atoms with E-state index >= 15 is 0 Å². The number of hydrogen-bond donors (Lipinski definition) is 1. The first kappa shape index (κ1) is 14.8. The topological polar surface area (TPSA) is 60.5 Å². The number of benzene rings is 2. The van der Waals surface area contributed by atoms with Crippen LogP contribution in [0, 0.1) is 0 Å². The number of anilines is 2. The molecule has 0 saturated carbocycles. The molecule has 0 saturated heterocycles. The number of hydrogen-bond acceptors (Lipinski definition) is 5. The first-order valence-electron chi connectivity index (χ1n) is 7.11. The predicted octanol–water partition coefficient (Wildman–Crippen LogP) is 3.77. The number of rotatable bonds is 4. The molecule has 0 fully saturated rings. The largest absolute Gasteiger partial charge is 0.494 e. The molecule has 3 aromatic rings. The van der Waals surface area contributed by atoms with E-state index in [1.165, 1.54) is 7.11 Å². The fourth-order valence-corrected chi connectivity index (χ4v) is 2.38. The Morgan fingerprint density at radius 2 is 1.83 bits per heavy atom. The van der Waals surface area contributed by atoms with Gasteiger partial charge in [0, 0.05) is 11.1 Å². The summed E-state index contributed by atoms with van der Waals surface area (Å²) in [5.41, 5.74) is 2.51. The Balaban J connectivity index is 2.19. The van der Waals surface area contributed by atoms with Crippen LogP contribution >= 0.6 is 0 Å². The van der Waals surface area contributed by atoms with Gasteiger partial charge in [-0.05, 0) is 24.3 Å². The number of nitrogens with one attached hydrogen (secondary N) is 1. The number of methoxy groups -OCH3 is 2. The lowest BCUT2D eigenvalue weighted by Gasteiger charge is -2.13. The van der Waals surface area contributed by atoms with Crippen molar-refractivity contribution in [1.82, 2.24) is 4.98 Å². The fourth-order valence-electron chi connectivity index (χ4n) is 2.38. The van der Waals surface area contributed by atoms with E-state index in [4.69, 9.17) is 9.47 Å². The maximum Gasteiger partial charge on any atom is 0.356 e. The lowest BCUT2D eigenvalue weighted by Crippen LogP contribution is -2.06. The number of aromatic nitrogens is 1. The minimum absolute atomic E-state index is 0.225. The second-order valence-corrected chi connectivity index (χ2v) is 4.89. The minimum atomic E-state index is -0.492. The molecule has 5 nitrogen and oxygen atoms in total. The van der Waals surface area contributed by atoms with Crippen LogP contribution in [-0.2, 0) is 4.74 Å². The Morgan fingerprint density at radius 3 is 2.52 bits per heavy atom. The van der Waals surface area contributed by atoms with Gasteiger partial charge in [-0.3, -0.25) is 0 Å². The average molecular weight is 308 g/mol. The SMILES string of the molecule is COC(=O)c1cc(Nc2ccccc2)c2cccc(OC)c2n1. The zero-order chi connectivity index (χ0) is 16.2. The third-order valence-electron chi connectivity index (χ3n) is 3.47. The molecule has 0 unspecified atom stereocenters. The van der Waals surface area contributed by atoms with E-state index in [-0.39, 0.29) is 5.69 Å². The van der Waals surface area contributed by atoms with Crippen LogP contribution in [0.2, 0.25) is 0 Å². The Morgan fingerprint density at radius 1 is 1.04 bits per heavy atom. The lowest BCUT2D eigenvalue weighted by atomic mass is 10.1. The molecule has 1 aromatic heterocycles. The van der Waals surface area contributed by atoms with Crippen molar-refractivity contribution >= 4 is 28.2 Å². The van der Waals surface area contributed by atoms with Crippen LogP contribution in [0.3, 0.4) is 0 Å². The number of para-hydroxylation sites is 2. The van der Waals surface area contributed by atoms with Crippen LogP contribution < -0.4 is 10.1 Å². The molecule has 0 aliphatic heterocycles. The van der Waals surface area contributed by atoms with Crippen LogP contribution in [0.5, 0.6) is 5.75 Å². The molecular weight excluding hydrogens is 292 g/mol. The van der Waals surface area contributed by atoms with E-state index < -0.39 is 5.97 Å². The van der Waals surface area contributed by atoms with Gasteiger partial charge in [0.1, 0.15) is 11.3 Å². The molecule has 23 heavy (non-hydrogen) atoms. The van der Waals surface area contributed by atoms with Crippen molar-refractivity contribution in [2.75, 3.05) is 19.5 Å². The number of nitrogens with zero attached hydrogens (tertiary/aromatic N) is 1. The molecular formula is C18H16N2O3. The molecule has 1 N–H and O–H groups in total. The van der Waals surface area contributed by atoms with Gasteiger partial charge in [0.05, 0.1) is 19.9 Å². The highest BCUT2D eigenvalue weighted by atomic mass is 16.5. The van der Waals surface area contributed by atoms with Gasteiger partial charge in [-0.15, -0.1) is 0 Å². The molecule has 3 rings (SSSR count). The highest BCUT2D eigenvalue weighted by Gasteiger charge is 2.15. The first-order chi connectivity index (χ1) is 11.2. The third kappa shape index (κ3) is 2.94. The molecule has 0 aliphatic carbocycles. The van der Waals surface area contributed by atoms with E-state index in [1.807, 2.05) is 48.5 Å². The zero-order valence-electron chi connectivity index (χ0n) is 12.9. The van der Waals surface area contributed by atoms with Gasteiger partial charge in [-0.25, -0.2) is 9.78 Å². The second kappa shape index (κ2) is 6.36. The molecule has 0 amide bonds. The number of carbonyl (C=O) groups is 1. The summed E-state index contributed by atoms with van der Waals surface area (Å²) in [6, 6.07) is 17.0. The van der Waals surface area contributed by atoms with E-state index in [2.05, 4.69) is 10.3 Å². The predicted molar refractivity (Wildman–Crippen MR) is 89.4 cm³/mol. The molecule has 5 heteroatoms. The third-order valence-corrected chi connectivity index (χ3v) is 3.47. The monoisotopic (exact) mass is 308 g/mol. The summed E-state index contributed by atoms with van der Waals surface area (Å²) >= 11 is 0. The zero-order valence-corrected chi connectivity index (χ0v) is 12.9. The van der Waals surface area contributed by atoms with Crippen molar-refractivity contribution in [3.63, 3.8) is 0 Å². The molecule has 0 spiro atoms. The van der Waals surface area contributed by atoms with Crippen LogP contribution in [0.4, 0.5) is 11.4 Å². The summed E-state index contributed by atoms with van der Waals surface area (Å²) in [5, 5.41) is 4.18. The molecule has 116 valence electrons. The van der Waals surface area contributed by atoms with Crippen LogP contribution in [0.1, 0.15) is 10.5 Å². The Bertz CT molecular complexity index is 848. The van der Waals surface area contributed by atoms with Crippen molar-refractivity contribution in [2.45, 2.75) is 0 Å².